The van der Waals surface area contributed by atoms with E-state index in [-0.39, 0.29) is 0 Å². The van der Waals surface area contributed by atoms with Crippen LogP contribution >= 0.6 is 12.6 Å². The van der Waals surface area contributed by atoms with Gasteiger partial charge in [-0.2, -0.15) is 0 Å². The largest absolute Gasteiger partial charge is 0.378 e. The van der Waals surface area contributed by atoms with E-state index in [2.05, 4.69) is 31.4 Å². The van der Waals surface area contributed by atoms with Gasteiger partial charge in [-0.15, -0.1) is 12.6 Å². The SMILES string of the molecule is CCCCCCCOC1CCC(C#Cc2ccc(S)cc2)CC1. The molecular formula is C21H30OS. The van der Waals surface area contributed by atoms with Crippen LogP contribution in [0.4, 0.5) is 0 Å². The molecule has 0 bridgehead atoms. The molecule has 0 atom stereocenters. The Labute approximate surface area is 147 Å². The number of hydrogen-bond acceptors (Lipinski definition) is 2. The summed E-state index contributed by atoms with van der Waals surface area (Å²) < 4.78 is 6.03. The lowest BCUT2D eigenvalue weighted by molar-refractivity contribution is 0.0210. The van der Waals surface area contributed by atoms with E-state index in [4.69, 9.17) is 4.74 Å². The molecule has 0 N–H and O–H groups in total. The maximum Gasteiger partial charge on any atom is 0.0576 e. The highest BCUT2D eigenvalue weighted by Crippen LogP contribution is 2.26. The summed E-state index contributed by atoms with van der Waals surface area (Å²) in [6.45, 7) is 3.20. The fraction of sp³-hybridized carbons (Fsp3) is 0.619. The lowest BCUT2D eigenvalue weighted by Gasteiger charge is -2.25. The van der Waals surface area contributed by atoms with Gasteiger partial charge in [-0.1, -0.05) is 44.4 Å². The van der Waals surface area contributed by atoms with Crippen molar-refractivity contribution in [2.45, 2.75) is 75.7 Å². The van der Waals surface area contributed by atoms with Crippen LogP contribution in [0.25, 0.3) is 0 Å². The van der Waals surface area contributed by atoms with Gasteiger partial charge in [0.15, 0.2) is 0 Å². The van der Waals surface area contributed by atoms with Crippen LogP contribution in [0.2, 0.25) is 0 Å². The Morgan fingerprint density at radius 3 is 2.39 bits per heavy atom. The molecule has 0 saturated heterocycles. The number of benzene rings is 1. The lowest BCUT2D eigenvalue weighted by atomic mass is 9.87. The fourth-order valence-electron chi connectivity index (χ4n) is 3.06. The minimum atomic E-state index is 0.475. The molecule has 1 aromatic carbocycles. The van der Waals surface area contributed by atoms with E-state index in [1.807, 2.05) is 24.3 Å². The van der Waals surface area contributed by atoms with E-state index in [1.54, 1.807) is 0 Å². The van der Waals surface area contributed by atoms with Crippen molar-refractivity contribution in [3.05, 3.63) is 29.8 Å². The van der Waals surface area contributed by atoms with Crippen LogP contribution in [-0.4, -0.2) is 12.7 Å². The summed E-state index contributed by atoms with van der Waals surface area (Å²) in [5.74, 6) is 7.28. The summed E-state index contributed by atoms with van der Waals surface area (Å²) in [7, 11) is 0. The van der Waals surface area contributed by atoms with Crippen LogP contribution in [0.15, 0.2) is 29.2 Å². The molecule has 0 spiro atoms. The summed E-state index contributed by atoms with van der Waals surface area (Å²) in [6.07, 6.45) is 11.7. The first-order valence-electron chi connectivity index (χ1n) is 9.20. The molecule has 0 aromatic heterocycles. The molecule has 0 unspecified atom stereocenters. The van der Waals surface area contributed by atoms with Crippen molar-refractivity contribution in [2.24, 2.45) is 5.92 Å². The van der Waals surface area contributed by atoms with E-state index >= 15 is 0 Å². The van der Waals surface area contributed by atoms with Crippen LogP contribution in [-0.2, 0) is 4.74 Å². The van der Waals surface area contributed by atoms with Gasteiger partial charge in [0.25, 0.3) is 0 Å². The first-order chi connectivity index (χ1) is 11.3. The zero-order valence-corrected chi connectivity index (χ0v) is 15.3. The van der Waals surface area contributed by atoms with Gasteiger partial charge in [0.1, 0.15) is 0 Å². The molecule has 2 rings (SSSR count). The molecule has 0 aliphatic heterocycles. The number of ether oxygens (including phenoxy) is 1. The molecule has 1 nitrogen and oxygen atoms in total. The number of thiol groups is 1. The third kappa shape index (κ3) is 7.46. The molecule has 0 heterocycles. The first-order valence-corrected chi connectivity index (χ1v) is 9.65. The molecule has 0 amide bonds. The van der Waals surface area contributed by atoms with Crippen LogP contribution in [0, 0.1) is 17.8 Å². The lowest BCUT2D eigenvalue weighted by Crippen LogP contribution is -2.21. The van der Waals surface area contributed by atoms with Crippen molar-refractivity contribution in [2.75, 3.05) is 6.61 Å². The molecule has 1 aliphatic carbocycles. The molecule has 1 saturated carbocycles. The fourth-order valence-corrected chi connectivity index (χ4v) is 3.21. The van der Waals surface area contributed by atoms with Gasteiger partial charge in [0.05, 0.1) is 6.10 Å². The number of hydrogen-bond donors (Lipinski definition) is 1. The predicted molar refractivity (Wildman–Crippen MR) is 101 cm³/mol. The number of rotatable bonds is 7. The van der Waals surface area contributed by atoms with Crippen molar-refractivity contribution in [1.29, 1.82) is 0 Å². The van der Waals surface area contributed by atoms with Gasteiger partial charge in [-0.3, -0.25) is 0 Å². The van der Waals surface area contributed by atoms with Gasteiger partial charge in [0.2, 0.25) is 0 Å². The van der Waals surface area contributed by atoms with Crippen LogP contribution in [0.5, 0.6) is 0 Å². The second-order valence-electron chi connectivity index (χ2n) is 6.57. The zero-order valence-electron chi connectivity index (χ0n) is 14.4. The summed E-state index contributed by atoms with van der Waals surface area (Å²) in [4.78, 5) is 0.989. The molecule has 126 valence electrons. The summed E-state index contributed by atoms with van der Waals surface area (Å²) >= 11 is 4.30. The van der Waals surface area contributed by atoms with Gasteiger partial charge >= 0.3 is 0 Å². The average molecular weight is 331 g/mol. The van der Waals surface area contributed by atoms with Crippen LogP contribution in [0.3, 0.4) is 0 Å². The summed E-state index contributed by atoms with van der Waals surface area (Å²) in [6, 6.07) is 8.09. The quantitative estimate of drug-likeness (QED) is 0.373. The highest BCUT2D eigenvalue weighted by molar-refractivity contribution is 7.80. The molecule has 0 radical (unpaired) electrons. The normalized spacial score (nSPS) is 20.8. The van der Waals surface area contributed by atoms with Crippen molar-refractivity contribution in [1.82, 2.24) is 0 Å². The summed E-state index contributed by atoms with van der Waals surface area (Å²) in [5, 5.41) is 0. The topological polar surface area (TPSA) is 9.23 Å². The Morgan fingerprint density at radius 1 is 1.00 bits per heavy atom. The van der Waals surface area contributed by atoms with E-state index in [0.29, 0.717) is 12.0 Å². The second kappa shape index (κ2) is 10.8. The Bertz CT molecular complexity index is 489. The van der Waals surface area contributed by atoms with Gasteiger partial charge < -0.3 is 4.74 Å². The highest BCUT2D eigenvalue weighted by atomic mass is 32.1. The Kier molecular flexibility index (Phi) is 8.64. The molecule has 2 heteroatoms. The standard InChI is InChI=1S/C21H30OS/c1-2-3-4-5-6-17-22-20-13-9-18(10-14-20)7-8-19-11-15-21(23)16-12-19/h11-12,15-16,18,20,23H,2-6,9-10,13-14,17H2,1H3. The third-order valence-corrected chi connectivity index (χ3v) is 4.86. The minimum absolute atomic E-state index is 0.475. The van der Waals surface area contributed by atoms with E-state index < -0.39 is 0 Å². The molecule has 1 aliphatic rings. The maximum atomic E-state index is 6.03. The Hall–Kier alpha value is -0.910. The first kappa shape index (κ1) is 18.4. The molecule has 1 aromatic rings. The van der Waals surface area contributed by atoms with Gasteiger partial charge in [-0.05, 0) is 56.4 Å². The van der Waals surface area contributed by atoms with E-state index in [9.17, 15) is 0 Å². The van der Waals surface area contributed by atoms with E-state index in [1.165, 1.54) is 57.8 Å². The second-order valence-corrected chi connectivity index (χ2v) is 7.09. The zero-order chi connectivity index (χ0) is 16.3. The monoisotopic (exact) mass is 330 g/mol. The Balaban J connectivity index is 1.61. The van der Waals surface area contributed by atoms with Crippen LogP contribution < -0.4 is 0 Å². The van der Waals surface area contributed by atoms with E-state index in [0.717, 1.165) is 17.1 Å². The summed E-state index contributed by atoms with van der Waals surface area (Å²) in [5.41, 5.74) is 1.09. The van der Waals surface area contributed by atoms with Crippen LogP contribution in [0.1, 0.15) is 70.3 Å². The predicted octanol–water partition coefficient (Wildman–Crippen LogP) is 5.87. The molecule has 1 fully saturated rings. The number of unbranched alkanes of at least 4 members (excludes halogenated alkanes) is 4. The van der Waals surface area contributed by atoms with Crippen molar-refractivity contribution in [3.8, 4) is 11.8 Å². The molecular weight excluding hydrogens is 300 g/mol. The maximum absolute atomic E-state index is 6.03. The molecule has 23 heavy (non-hydrogen) atoms. The highest BCUT2D eigenvalue weighted by Gasteiger charge is 2.19. The Morgan fingerprint density at radius 2 is 1.70 bits per heavy atom. The van der Waals surface area contributed by atoms with Crippen molar-refractivity contribution >= 4 is 12.6 Å². The third-order valence-electron chi connectivity index (χ3n) is 4.56. The van der Waals surface area contributed by atoms with Gasteiger partial charge in [-0.25, -0.2) is 0 Å². The van der Waals surface area contributed by atoms with Crippen molar-refractivity contribution < 1.29 is 4.74 Å². The smallest absolute Gasteiger partial charge is 0.0576 e. The average Bonchev–Trinajstić information content (AvgIpc) is 2.58. The van der Waals surface area contributed by atoms with Gasteiger partial charge in [0, 0.05) is 23.0 Å². The van der Waals surface area contributed by atoms with Crippen molar-refractivity contribution in [3.63, 3.8) is 0 Å². The minimum Gasteiger partial charge on any atom is -0.378 e.